The average molecular weight is 254 g/mol. The van der Waals surface area contributed by atoms with E-state index in [0.29, 0.717) is 5.02 Å². The number of halogens is 1. The Labute approximate surface area is 108 Å². The minimum absolute atomic E-state index is 0.697. The third kappa shape index (κ3) is 1.21. The molecular weight excluding hydrogens is 246 g/mol. The second kappa shape index (κ2) is 3.47. The van der Waals surface area contributed by atoms with Crippen LogP contribution in [0.25, 0.3) is 32.8 Å². The zero-order valence-electron chi connectivity index (χ0n) is 9.35. The predicted molar refractivity (Wildman–Crippen MR) is 74.0 cm³/mol. The first kappa shape index (κ1) is 9.92. The predicted octanol–water partition coefficient (Wildman–Crippen LogP) is 4.79. The lowest BCUT2D eigenvalue weighted by Crippen LogP contribution is -1.79. The molecule has 2 nitrogen and oxygen atoms in total. The quantitative estimate of drug-likeness (QED) is 0.450. The van der Waals surface area contributed by atoms with E-state index in [1.807, 2.05) is 30.3 Å². The molecule has 2 aromatic carbocycles. The van der Waals surface area contributed by atoms with Crippen molar-refractivity contribution in [2.75, 3.05) is 0 Å². The average Bonchev–Trinajstić information content (AvgIpc) is 2.78. The summed E-state index contributed by atoms with van der Waals surface area (Å²) in [5, 5.41) is 3.80. The van der Waals surface area contributed by atoms with Gasteiger partial charge >= 0.3 is 0 Å². The number of rotatable bonds is 0. The van der Waals surface area contributed by atoms with Crippen LogP contribution >= 0.6 is 11.6 Å². The number of aromatic nitrogens is 1. The number of pyridine rings is 1. The number of para-hydroxylation sites is 1. The minimum Gasteiger partial charge on any atom is -0.454 e. The van der Waals surface area contributed by atoms with Crippen molar-refractivity contribution in [2.24, 2.45) is 0 Å². The van der Waals surface area contributed by atoms with Gasteiger partial charge in [-0.1, -0.05) is 35.9 Å². The molecule has 0 saturated heterocycles. The lowest BCUT2D eigenvalue weighted by Gasteiger charge is -1.99. The molecule has 18 heavy (non-hydrogen) atoms. The molecule has 0 amide bonds. The Morgan fingerprint density at radius 3 is 2.67 bits per heavy atom. The monoisotopic (exact) mass is 253 g/mol. The maximum absolute atomic E-state index is 6.17. The summed E-state index contributed by atoms with van der Waals surface area (Å²) in [6.07, 6.45) is 1.71. The molecule has 4 aromatic rings. The molecule has 2 aromatic heterocycles. The topological polar surface area (TPSA) is 26.0 Å². The summed E-state index contributed by atoms with van der Waals surface area (Å²) < 4.78 is 5.90. The third-order valence-electron chi connectivity index (χ3n) is 3.20. The molecule has 0 saturated carbocycles. The van der Waals surface area contributed by atoms with E-state index in [0.717, 1.165) is 32.8 Å². The van der Waals surface area contributed by atoms with Crippen molar-refractivity contribution >= 4 is 44.4 Å². The first-order valence-electron chi connectivity index (χ1n) is 5.69. The van der Waals surface area contributed by atoms with Gasteiger partial charge in [0.25, 0.3) is 0 Å². The summed E-state index contributed by atoms with van der Waals surface area (Å²) in [6.45, 7) is 0. The van der Waals surface area contributed by atoms with Crippen molar-refractivity contribution in [1.82, 2.24) is 4.98 Å². The van der Waals surface area contributed by atoms with Gasteiger partial charge in [-0.2, -0.15) is 0 Å². The Balaban J connectivity index is 2.32. The van der Waals surface area contributed by atoms with E-state index in [1.54, 1.807) is 12.3 Å². The van der Waals surface area contributed by atoms with Crippen LogP contribution in [-0.2, 0) is 0 Å². The van der Waals surface area contributed by atoms with Gasteiger partial charge < -0.3 is 4.42 Å². The molecule has 0 unspecified atom stereocenters. The second-order valence-corrected chi connectivity index (χ2v) is 4.64. The molecule has 0 fully saturated rings. The van der Waals surface area contributed by atoms with Gasteiger partial charge in [0.2, 0.25) is 0 Å². The summed E-state index contributed by atoms with van der Waals surface area (Å²) in [5.74, 6) is 0. The summed E-state index contributed by atoms with van der Waals surface area (Å²) in [7, 11) is 0. The van der Waals surface area contributed by atoms with Crippen LogP contribution in [0, 0.1) is 0 Å². The molecular formula is C15H8ClNO. The molecule has 0 atom stereocenters. The van der Waals surface area contributed by atoms with Gasteiger partial charge in [0.05, 0.1) is 5.02 Å². The van der Waals surface area contributed by atoms with Gasteiger partial charge in [-0.25, -0.2) is 0 Å². The van der Waals surface area contributed by atoms with Gasteiger partial charge in [0.1, 0.15) is 11.1 Å². The van der Waals surface area contributed by atoms with Crippen molar-refractivity contribution in [3.05, 3.63) is 53.7 Å². The molecule has 0 radical (unpaired) electrons. The highest BCUT2D eigenvalue weighted by molar-refractivity contribution is 6.36. The molecule has 0 spiro atoms. The van der Waals surface area contributed by atoms with Crippen LogP contribution in [0.3, 0.4) is 0 Å². The molecule has 86 valence electrons. The van der Waals surface area contributed by atoms with Crippen molar-refractivity contribution in [3.63, 3.8) is 0 Å². The molecule has 0 aliphatic heterocycles. The van der Waals surface area contributed by atoms with Gasteiger partial charge in [-0.15, -0.1) is 0 Å². The van der Waals surface area contributed by atoms with E-state index in [2.05, 4.69) is 11.1 Å². The normalized spacial score (nSPS) is 11.6. The van der Waals surface area contributed by atoms with Gasteiger partial charge in [-0.3, -0.25) is 4.98 Å². The van der Waals surface area contributed by atoms with E-state index >= 15 is 0 Å². The molecule has 0 bridgehead atoms. The highest BCUT2D eigenvalue weighted by Crippen LogP contribution is 2.34. The van der Waals surface area contributed by atoms with Crippen molar-refractivity contribution < 1.29 is 4.42 Å². The van der Waals surface area contributed by atoms with Crippen molar-refractivity contribution in [2.45, 2.75) is 0 Å². The Morgan fingerprint density at radius 1 is 0.889 bits per heavy atom. The van der Waals surface area contributed by atoms with Crippen LogP contribution < -0.4 is 0 Å². The van der Waals surface area contributed by atoms with Crippen LogP contribution in [0.15, 0.2) is 53.1 Å². The maximum Gasteiger partial charge on any atom is 0.161 e. The molecule has 0 N–H and O–H groups in total. The molecule has 3 heteroatoms. The number of hydrogen-bond acceptors (Lipinski definition) is 2. The fourth-order valence-electron chi connectivity index (χ4n) is 2.36. The summed E-state index contributed by atoms with van der Waals surface area (Å²) in [4.78, 5) is 4.39. The molecule has 2 heterocycles. The summed E-state index contributed by atoms with van der Waals surface area (Å²) in [5.41, 5.74) is 2.49. The zero-order valence-corrected chi connectivity index (χ0v) is 10.1. The molecule has 4 rings (SSSR count). The fourth-order valence-corrected chi connectivity index (χ4v) is 2.57. The SMILES string of the molecule is Clc1ccnc2c1ccc1c3ccccc3oc12. The van der Waals surface area contributed by atoms with Crippen molar-refractivity contribution in [1.29, 1.82) is 0 Å². The largest absolute Gasteiger partial charge is 0.454 e. The van der Waals surface area contributed by atoms with Crippen LogP contribution in [-0.4, -0.2) is 4.98 Å². The lowest BCUT2D eigenvalue weighted by atomic mass is 10.1. The first-order valence-corrected chi connectivity index (χ1v) is 6.07. The second-order valence-electron chi connectivity index (χ2n) is 4.23. The zero-order chi connectivity index (χ0) is 12.1. The van der Waals surface area contributed by atoms with E-state index in [-0.39, 0.29) is 0 Å². The molecule has 0 aliphatic carbocycles. The smallest absolute Gasteiger partial charge is 0.161 e. The Morgan fingerprint density at radius 2 is 1.72 bits per heavy atom. The summed E-state index contributed by atoms with van der Waals surface area (Å²) in [6, 6.07) is 13.8. The Bertz CT molecular complexity index is 895. The van der Waals surface area contributed by atoms with Crippen molar-refractivity contribution in [3.8, 4) is 0 Å². The van der Waals surface area contributed by atoms with Gasteiger partial charge in [0.15, 0.2) is 5.58 Å². The van der Waals surface area contributed by atoms with Crippen LogP contribution in [0.2, 0.25) is 5.02 Å². The molecule has 0 aliphatic rings. The highest BCUT2D eigenvalue weighted by atomic mass is 35.5. The van der Waals surface area contributed by atoms with Gasteiger partial charge in [-0.05, 0) is 18.2 Å². The van der Waals surface area contributed by atoms with E-state index in [4.69, 9.17) is 16.0 Å². The first-order chi connectivity index (χ1) is 8.84. The number of nitrogens with zero attached hydrogens (tertiary/aromatic N) is 1. The number of hydrogen-bond donors (Lipinski definition) is 0. The Hall–Kier alpha value is -2.06. The maximum atomic E-state index is 6.17. The van der Waals surface area contributed by atoms with E-state index < -0.39 is 0 Å². The Kier molecular flexibility index (Phi) is 1.91. The van der Waals surface area contributed by atoms with Gasteiger partial charge in [0, 0.05) is 22.4 Å². The van der Waals surface area contributed by atoms with Crippen LogP contribution in [0.5, 0.6) is 0 Å². The standard InChI is InChI=1S/C15H8ClNO/c16-12-7-8-17-14-11(12)6-5-10-9-3-1-2-4-13(9)18-15(10)14/h1-8H. The minimum atomic E-state index is 0.697. The fraction of sp³-hybridized carbons (Fsp3) is 0. The highest BCUT2D eigenvalue weighted by Gasteiger charge is 2.11. The number of fused-ring (bicyclic) bond motifs is 5. The summed E-state index contributed by atoms with van der Waals surface area (Å²) >= 11 is 6.17. The van der Waals surface area contributed by atoms with E-state index in [9.17, 15) is 0 Å². The van der Waals surface area contributed by atoms with E-state index in [1.165, 1.54) is 0 Å². The van der Waals surface area contributed by atoms with Crippen LogP contribution in [0.1, 0.15) is 0 Å². The third-order valence-corrected chi connectivity index (χ3v) is 3.53. The van der Waals surface area contributed by atoms with Crippen LogP contribution in [0.4, 0.5) is 0 Å². The lowest BCUT2D eigenvalue weighted by molar-refractivity contribution is 0.671. The number of benzene rings is 2. The number of furan rings is 1.